The number of aromatic nitrogens is 1. The molecule has 3 aliphatic rings. The summed E-state index contributed by atoms with van der Waals surface area (Å²) in [6, 6.07) is 15.0. The predicted molar refractivity (Wildman–Crippen MR) is 126 cm³/mol. The Hall–Kier alpha value is -3.87. The minimum absolute atomic E-state index is 0.0738. The van der Waals surface area contributed by atoms with Crippen molar-refractivity contribution in [1.29, 1.82) is 5.41 Å². The number of anilines is 3. The third kappa shape index (κ3) is 3.40. The van der Waals surface area contributed by atoms with Gasteiger partial charge < -0.3 is 15.6 Å². The first-order valence-corrected chi connectivity index (χ1v) is 11.0. The van der Waals surface area contributed by atoms with Gasteiger partial charge in [0.2, 0.25) is 0 Å². The van der Waals surface area contributed by atoms with Crippen LogP contribution < -0.4 is 10.2 Å². The summed E-state index contributed by atoms with van der Waals surface area (Å²) in [5.74, 6) is -1.27. The normalized spacial score (nSPS) is 21.6. The molecule has 1 saturated carbocycles. The molecule has 1 aliphatic heterocycles. The summed E-state index contributed by atoms with van der Waals surface area (Å²) >= 11 is 0. The number of hydrogen-bond acceptors (Lipinski definition) is 5. The van der Waals surface area contributed by atoms with Crippen LogP contribution in [0.3, 0.4) is 0 Å². The van der Waals surface area contributed by atoms with Gasteiger partial charge in [0, 0.05) is 30.1 Å². The lowest BCUT2D eigenvalue weighted by molar-refractivity contribution is 0.509. The highest BCUT2D eigenvalue weighted by Gasteiger charge is 2.44. The molecule has 0 radical (unpaired) electrons. The van der Waals surface area contributed by atoms with Crippen molar-refractivity contribution in [2.45, 2.75) is 18.9 Å². The van der Waals surface area contributed by atoms with Crippen LogP contribution in [0.1, 0.15) is 12.8 Å². The maximum absolute atomic E-state index is 14.2. The van der Waals surface area contributed by atoms with Crippen molar-refractivity contribution < 1.29 is 8.78 Å². The Morgan fingerprint density at radius 1 is 1.00 bits per heavy atom. The van der Waals surface area contributed by atoms with Gasteiger partial charge in [0.1, 0.15) is 5.71 Å². The molecular weight excluding hydrogens is 420 g/mol. The predicted octanol–water partition coefficient (Wildman–Crippen LogP) is 6.01. The number of pyridine rings is 1. The van der Waals surface area contributed by atoms with Gasteiger partial charge in [0.15, 0.2) is 11.6 Å². The van der Waals surface area contributed by atoms with E-state index in [1.165, 1.54) is 6.07 Å². The second kappa shape index (κ2) is 7.62. The minimum atomic E-state index is -0.907. The molecule has 1 fully saturated rings. The van der Waals surface area contributed by atoms with Crippen molar-refractivity contribution in [3.8, 4) is 0 Å². The van der Waals surface area contributed by atoms with Crippen LogP contribution in [0.25, 0.3) is 0 Å². The standard InChI is InChI=1S/C26H21F2N5/c27-19-10-9-17(12-20(19)28)33-22-6-2-1-5-21(22)32-26-23(33)13-18(15-7-8-15)25(24(26)29)31-16-4-3-11-30-14-16/h1-6,9-15,18,25,29,31H,7-8H2. The van der Waals surface area contributed by atoms with E-state index in [0.29, 0.717) is 28.7 Å². The summed E-state index contributed by atoms with van der Waals surface area (Å²) in [7, 11) is 0. The van der Waals surface area contributed by atoms with E-state index < -0.39 is 11.6 Å². The number of halogens is 2. The van der Waals surface area contributed by atoms with E-state index in [-0.39, 0.29) is 12.0 Å². The Balaban J connectivity index is 1.50. The van der Waals surface area contributed by atoms with Crippen LogP contribution >= 0.6 is 0 Å². The maximum Gasteiger partial charge on any atom is 0.160 e. The highest BCUT2D eigenvalue weighted by molar-refractivity contribution is 6.52. The van der Waals surface area contributed by atoms with Gasteiger partial charge in [-0.1, -0.05) is 18.2 Å². The van der Waals surface area contributed by atoms with E-state index >= 15 is 0 Å². The fraction of sp³-hybridized carbons (Fsp3) is 0.192. The molecule has 7 heteroatoms. The molecule has 0 saturated heterocycles. The van der Waals surface area contributed by atoms with Gasteiger partial charge >= 0.3 is 0 Å². The van der Waals surface area contributed by atoms with Crippen molar-refractivity contribution >= 4 is 34.2 Å². The molecule has 1 aromatic heterocycles. The zero-order chi connectivity index (χ0) is 22.5. The zero-order valence-electron chi connectivity index (χ0n) is 17.7. The maximum atomic E-state index is 14.2. The average Bonchev–Trinajstić information content (AvgIpc) is 3.68. The molecule has 5 nitrogen and oxygen atoms in total. The lowest BCUT2D eigenvalue weighted by Gasteiger charge is -2.40. The lowest BCUT2D eigenvalue weighted by Crippen LogP contribution is -2.48. The van der Waals surface area contributed by atoms with E-state index in [4.69, 9.17) is 10.4 Å². The van der Waals surface area contributed by atoms with E-state index in [0.717, 1.165) is 36.0 Å². The topological polar surface area (TPSA) is 64.4 Å². The lowest BCUT2D eigenvalue weighted by atomic mass is 9.81. The third-order valence-electron chi connectivity index (χ3n) is 6.45. The molecule has 2 unspecified atom stereocenters. The number of nitrogens with zero attached hydrogens (tertiary/aromatic N) is 3. The zero-order valence-corrected chi connectivity index (χ0v) is 17.7. The van der Waals surface area contributed by atoms with Crippen molar-refractivity contribution in [3.63, 3.8) is 0 Å². The number of benzene rings is 2. The van der Waals surface area contributed by atoms with Crippen LogP contribution in [-0.4, -0.2) is 22.4 Å². The van der Waals surface area contributed by atoms with Gasteiger partial charge in [-0.15, -0.1) is 0 Å². The van der Waals surface area contributed by atoms with Gasteiger partial charge in [-0.2, -0.15) is 0 Å². The van der Waals surface area contributed by atoms with Gasteiger partial charge in [0.25, 0.3) is 0 Å². The Labute approximate surface area is 190 Å². The van der Waals surface area contributed by atoms with Crippen LogP contribution in [0.4, 0.5) is 31.5 Å². The number of para-hydroxylation sites is 2. The Bertz CT molecular complexity index is 1310. The van der Waals surface area contributed by atoms with Crippen molar-refractivity contribution in [2.24, 2.45) is 16.8 Å². The molecule has 2 atom stereocenters. The molecule has 3 aromatic rings. The summed E-state index contributed by atoms with van der Waals surface area (Å²) in [6.07, 6.45) is 7.82. The Morgan fingerprint density at radius 3 is 2.61 bits per heavy atom. The first kappa shape index (κ1) is 19.8. The molecule has 0 spiro atoms. The van der Waals surface area contributed by atoms with Gasteiger partial charge in [-0.25, -0.2) is 13.8 Å². The molecule has 164 valence electrons. The molecule has 2 heterocycles. The summed E-state index contributed by atoms with van der Waals surface area (Å²) in [5, 5.41) is 12.6. The minimum Gasteiger partial charge on any atom is -0.375 e. The molecular formula is C26H21F2N5. The molecule has 2 N–H and O–H groups in total. The number of aliphatic imine (C=N–C) groups is 1. The number of fused-ring (bicyclic) bond motifs is 2. The third-order valence-corrected chi connectivity index (χ3v) is 6.45. The van der Waals surface area contributed by atoms with E-state index in [1.54, 1.807) is 18.5 Å². The van der Waals surface area contributed by atoms with E-state index in [1.807, 2.05) is 41.3 Å². The van der Waals surface area contributed by atoms with Crippen molar-refractivity contribution in [2.75, 3.05) is 10.2 Å². The van der Waals surface area contributed by atoms with Crippen LogP contribution in [0.15, 0.2) is 83.8 Å². The first-order chi connectivity index (χ1) is 16.1. The van der Waals surface area contributed by atoms with E-state index in [9.17, 15) is 8.78 Å². The van der Waals surface area contributed by atoms with Gasteiger partial charge in [-0.3, -0.25) is 4.98 Å². The monoisotopic (exact) mass is 441 g/mol. The number of allylic oxidation sites excluding steroid dienone is 1. The second-order valence-electron chi connectivity index (χ2n) is 8.63. The molecule has 6 rings (SSSR count). The fourth-order valence-corrected chi connectivity index (χ4v) is 4.72. The quantitative estimate of drug-likeness (QED) is 0.521. The summed E-state index contributed by atoms with van der Waals surface area (Å²) < 4.78 is 27.9. The summed E-state index contributed by atoms with van der Waals surface area (Å²) in [6.45, 7) is 0. The summed E-state index contributed by atoms with van der Waals surface area (Å²) in [5.41, 5.74) is 4.48. The highest BCUT2D eigenvalue weighted by Crippen LogP contribution is 2.48. The molecule has 0 amide bonds. The average molecular weight is 441 g/mol. The molecule has 33 heavy (non-hydrogen) atoms. The van der Waals surface area contributed by atoms with E-state index in [2.05, 4.69) is 16.4 Å². The Morgan fingerprint density at radius 2 is 1.85 bits per heavy atom. The summed E-state index contributed by atoms with van der Waals surface area (Å²) in [4.78, 5) is 10.9. The molecule has 0 bridgehead atoms. The Kier molecular flexibility index (Phi) is 4.57. The van der Waals surface area contributed by atoms with Crippen LogP contribution in [-0.2, 0) is 0 Å². The number of nitrogens with one attached hydrogen (secondary N) is 2. The van der Waals surface area contributed by atoms with Crippen LogP contribution in [0.2, 0.25) is 0 Å². The highest BCUT2D eigenvalue weighted by atomic mass is 19.2. The smallest absolute Gasteiger partial charge is 0.160 e. The number of hydrogen-bond donors (Lipinski definition) is 2. The van der Waals surface area contributed by atoms with Gasteiger partial charge in [-0.05, 0) is 55.2 Å². The molecule has 2 aromatic carbocycles. The van der Waals surface area contributed by atoms with Crippen LogP contribution in [0.5, 0.6) is 0 Å². The van der Waals surface area contributed by atoms with Crippen molar-refractivity contribution in [3.05, 3.63) is 90.4 Å². The van der Waals surface area contributed by atoms with Crippen LogP contribution in [0, 0.1) is 28.9 Å². The number of rotatable bonds is 4. The van der Waals surface area contributed by atoms with Crippen molar-refractivity contribution in [1.82, 2.24) is 4.98 Å². The second-order valence-corrected chi connectivity index (χ2v) is 8.63. The first-order valence-electron chi connectivity index (χ1n) is 11.0. The SMILES string of the molecule is N=C1C2=Nc3ccccc3N(c3ccc(F)c(F)c3)C2=CC(C2CC2)C1Nc1cccnc1. The molecule has 2 aliphatic carbocycles. The van der Waals surface area contributed by atoms with Gasteiger partial charge in [0.05, 0.1) is 34.5 Å². The fourth-order valence-electron chi connectivity index (χ4n) is 4.72. The largest absolute Gasteiger partial charge is 0.375 e.